The molecule has 0 amide bonds. The molecule has 0 radical (unpaired) electrons. The van der Waals surface area contributed by atoms with Gasteiger partial charge in [-0.25, -0.2) is 4.79 Å². The predicted molar refractivity (Wildman–Crippen MR) is 106 cm³/mol. The molecule has 0 spiro atoms. The quantitative estimate of drug-likeness (QED) is 0.208. The Kier molecular flexibility index (Phi) is 23.5. The summed E-state index contributed by atoms with van der Waals surface area (Å²) < 4.78 is 4.43. The van der Waals surface area contributed by atoms with Crippen LogP contribution in [0, 0.1) is 0 Å². The number of carbonyl (C=O) groups is 1. The minimum absolute atomic E-state index is 0.359. The zero-order valence-electron chi connectivity index (χ0n) is 16.9. The van der Waals surface area contributed by atoms with Gasteiger partial charge in [-0.1, -0.05) is 84.1 Å². The van der Waals surface area contributed by atoms with E-state index in [0.717, 1.165) is 6.08 Å². The third kappa shape index (κ3) is 26.1. The van der Waals surface area contributed by atoms with Crippen LogP contribution in [0.5, 0.6) is 0 Å². The Bertz CT molecular complexity index is 265. The molecule has 144 valence electrons. The van der Waals surface area contributed by atoms with Crippen LogP contribution in [0.15, 0.2) is 12.7 Å². The molecule has 0 saturated carbocycles. The molecule has 0 atom stereocenters. The molecule has 0 aliphatic carbocycles. The topological polar surface area (TPSA) is 29.5 Å². The Morgan fingerprint density at radius 1 is 0.833 bits per heavy atom. The minimum atomic E-state index is -0.359. The van der Waals surface area contributed by atoms with Gasteiger partial charge in [0.1, 0.15) is 0 Å². The fraction of sp³-hybridized carbons (Fsp3) is 0.857. The summed E-state index contributed by atoms with van der Waals surface area (Å²) in [5.74, 6) is -0.359. The third-order valence-electron chi connectivity index (χ3n) is 3.91. The van der Waals surface area contributed by atoms with Gasteiger partial charge in [0.2, 0.25) is 0 Å². The van der Waals surface area contributed by atoms with Crippen molar-refractivity contribution in [1.29, 1.82) is 0 Å². The SMILES string of the molecule is C=CC(=O)OCC.CCCCCCCCCCCCCCN(C)C. The van der Waals surface area contributed by atoms with Crippen LogP contribution in [0.25, 0.3) is 0 Å². The number of nitrogens with zero attached hydrogens (tertiary/aromatic N) is 1. The van der Waals surface area contributed by atoms with Crippen molar-refractivity contribution in [2.45, 2.75) is 90.9 Å². The van der Waals surface area contributed by atoms with Crippen LogP contribution in [-0.2, 0) is 9.53 Å². The average molecular weight is 342 g/mol. The summed E-state index contributed by atoms with van der Waals surface area (Å²) in [7, 11) is 4.33. The Morgan fingerprint density at radius 2 is 1.25 bits per heavy atom. The second kappa shape index (κ2) is 22.2. The van der Waals surface area contributed by atoms with Gasteiger partial charge in [0.05, 0.1) is 6.61 Å². The van der Waals surface area contributed by atoms with Gasteiger partial charge in [0.25, 0.3) is 0 Å². The molecule has 0 aliphatic heterocycles. The second-order valence-corrected chi connectivity index (χ2v) is 6.65. The summed E-state index contributed by atoms with van der Waals surface area (Å²) in [6.45, 7) is 8.93. The van der Waals surface area contributed by atoms with Gasteiger partial charge in [-0.15, -0.1) is 0 Å². The van der Waals surface area contributed by atoms with Crippen molar-refractivity contribution in [3.63, 3.8) is 0 Å². The number of unbranched alkanes of at least 4 members (excludes halogenated alkanes) is 11. The minimum Gasteiger partial charge on any atom is -0.463 e. The van der Waals surface area contributed by atoms with Gasteiger partial charge in [-0.3, -0.25) is 0 Å². The number of hydrogen-bond donors (Lipinski definition) is 0. The molecule has 3 heteroatoms. The maximum absolute atomic E-state index is 10.1. The van der Waals surface area contributed by atoms with Gasteiger partial charge in [0, 0.05) is 6.08 Å². The van der Waals surface area contributed by atoms with E-state index in [1.807, 2.05) is 0 Å². The van der Waals surface area contributed by atoms with Crippen LogP contribution in [0.4, 0.5) is 0 Å². The van der Waals surface area contributed by atoms with Crippen molar-refractivity contribution in [3.05, 3.63) is 12.7 Å². The molecular weight excluding hydrogens is 298 g/mol. The Balaban J connectivity index is 0. The molecule has 0 aromatic carbocycles. The van der Waals surface area contributed by atoms with Gasteiger partial charge in [-0.2, -0.15) is 0 Å². The van der Waals surface area contributed by atoms with E-state index in [-0.39, 0.29) is 5.97 Å². The van der Waals surface area contributed by atoms with Crippen LogP contribution >= 0.6 is 0 Å². The molecule has 0 heterocycles. The van der Waals surface area contributed by atoms with E-state index in [1.165, 1.54) is 83.6 Å². The lowest BCUT2D eigenvalue weighted by Crippen LogP contribution is -2.12. The fourth-order valence-corrected chi connectivity index (χ4v) is 2.47. The molecule has 0 unspecified atom stereocenters. The molecule has 3 nitrogen and oxygen atoms in total. The first-order valence-electron chi connectivity index (χ1n) is 10.0. The van der Waals surface area contributed by atoms with E-state index in [9.17, 15) is 4.79 Å². The summed E-state index contributed by atoms with van der Waals surface area (Å²) >= 11 is 0. The van der Waals surface area contributed by atoms with Crippen LogP contribution in [0.1, 0.15) is 90.9 Å². The van der Waals surface area contributed by atoms with E-state index in [0.29, 0.717) is 6.61 Å². The molecule has 24 heavy (non-hydrogen) atoms. The van der Waals surface area contributed by atoms with Gasteiger partial charge in [0.15, 0.2) is 0 Å². The first-order valence-corrected chi connectivity index (χ1v) is 10.0. The Hall–Kier alpha value is -0.830. The highest BCUT2D eigenvalue weighted by molar-refractivity contribution is 5.81. The first-order chi connectivity index (χ1) is 11.6. The van der Waals surface area contributed by atoms with E-state index < -0.39 is 0 Å². The normalized spacial score (nSPS) is 10.2. The van der Waals surface area contributed by atoms with Gasteiger partial charge < -0.3 is 9.64 Å². The third-order valence-corrected chi connectivity index (χ3v) is 3.91. The lowest BCUT2D eigenvalue weighted by atomic mass is 10.1. The van der Waals surface area contributed by atoms with Crippen molar-refractivity contribution in [1.82, 2.24) is 4.90 Å². The van der Waals surface area contributed by atoms with Gasteiger partial charge >= 0.3 is 5.97 Å². The predicted octanol–water partition coefficient (Wildman–Crippen LogP) is 5.98. The Labute approximate surface area is 151 Å². The fourth-order valence-electron chi connectivity index (χ4n) is 2.47. The largest absolute Gasteiger partial charge is 0.463 e. The lowest BCUT2D eigenvalue weighted by molar-refractivity contribution is -0.137. The van der Waals surface area contributed by atoms with E-state index in [1.54, 1.807) is 6.92 Å². The van der Waals surface area contributed by atoms with Crippen molar-refractivity contribution in [3.8, 4) is 0 Å². The summed E-state index contributed by atoms with van der Waals surface area (Å²) in [4.78, 5) is 12.4. The number of ether oxygens (including phenoxy) is 1. The van der Waals surface area contributed by atoms with Crippen LogP contribution in [0.3, 0.4) is 0 Å². The number of rotatable bonds is 15. The monoisotopic (exact) mass is 341 g/mol. The molecule has 0 aliphatic rings. The highest BCUT2D eigenvalue weighted by Crippen LogP contribution is 2.11. The molecule has 0 fully saturated rings. The smallest absolute Gasteiger partial charge is 0.330 e. The van der Waals surface area contributed by atoms with E-state index in [4.69, 9.17) is 0 Å². The second-order valence-electron chi connectivity index (χ2n) is 6.65. The molecular formula is C21H43NO2. The highest BCUT2D eigenvalue weighted by atomic mass is 16.5. The molecule has 0 aromatic rings. The number of esters is 1. The van der Waals surface area contributed by atoms with Crippen LogP contribution in [0.2, 0.25) is 0 Å². The zero-order chi connectivity index (χ0) is 18.5. The number of hydrogen-bond acceptors (Lipinski definition) is 3. The van der Waals surface area contributed by atoms with E-state index in [2.05, 4.69) is 37.2 Å². The molecule has 0 N–H and O–H groups in total. The van der Waals surface area contributed by atoms with Crippen molar-refractivity contribution >= 4 is 5.97 Å². The number of carbonyl (C=O) groups excluding carboxylic acids is 1. The molecule has 0 rings (SSSR count). The summed E-state index contributed by atoms with van der Waals surface area (Å²) in [6, 6.07) is 0. The van der Waals surface area contributed by atoms with Gasteiger partial charge in [-0.05, 0) is 34.0 Å². The first kappa shape index (κ1) is 25.4. The van der Waals surface area contributed by atoms with E-state index >= 15 is 0 Å². The average Bonchev–Trinajstić information content (AvgIpc) is 2.56. The maximum Gasteiger partial charge on any atom is 0.330 e. The zero-order valence-corrected chi connectivity index (χ0v) is 16.9. The summed E-state index contributed by atoms with van der Waals surface area (Å²) in [5.41, 5.74) is 0. The van der Waals surface area contributed by atoms with Crippen LogP contribution in [-0.4, -0.2) is 38.1 Å². The summed E-state index contributed by atoms with van der Waals surface area (Å²) in [6.07, 6.45) is 18.5. The molecule has 0 aromatic heterocycles. The molecule has 0 bridgehead atoms. The lowest BCUT2D eigenvalue weighted by Gasteiger charge is -2.08. The van der Waals surface area contributed by atoms with Crippen molar-refractivity contribution in [2.24, 2.45) is 0 Å². The standard InChI is InChI=1S/C16H35N.C5H8O2/c1-4-5-6-7-8-9-10-11-12-13-14-15-16-17(2)3;1-3-5(6)7-4-2/h4-16H2,1-3H3;3H,1,4H2,2H3. The summed E-state index contributed by atoms with van der Waals surface area (Å²) in [5, 5.41) is 0. The highest BCUT2D eigenvalue weighted by Gasteiger charge is 1.94. The maximum atomic E-state index is 10.1. The molecule has 0 saturated heterocycles. The van der Waals surface area contributed by atoms with Crippen LogP contribution < -0.4 is 0 Å². The Morgan fingerprint density at radius 3 is 1.54 bits per heavy atom. The van der Waals surface area contributed by atoms with Crippen molar-refractivity contribution in [2.75, 3.05) is 27.2 Å². The van der Waals surface area contributed by atoms with Crippen molar-refractivity contribution < 1.29 is 9.53 Å².